The summed E-state index contributed by atoms with van der Waals surface area (Å²) in [5.74, 6) is -1.54. The van der Waals surface area contributed by atoms with E-state index < -0.39 is 25.1 Å². The molecule has 3 aromatic rings. The number of fused-ring (bicyclic) bond motifs is 3. The number of ether oxygens (including phenoxy) is 1. The van der Waals surface area contributed by atoms with Crippen LogP contribution in [0.5, 0.6) is 0 Å². The lowest BCUT2D eigenvalue weighted by Gasteiger charge is -2.11. The summed E-state index contributed by atoms with van der Waals surface area (Å²) in [5.41, 5.74) is 5.30. The predicted molar refractivity (Wildman–Crippen MR) is 130 cm³/mol. The topological polar surface area (TPSA) is 106 Å². The number of esters is 1. The zero-order chi connectivity index (χ0) is 24.2. The van der Waals surface area contributed by atoms with Gasteiger partial charge in [-0.25, -0.2) is 4.79 Å². The van der Waals surface area contributed by atoms with E-state index >= 15 is 0 Å². The van der Waals surface area contributed by atoms with Crippen molar-refractivity contribution in [2.75, 3.05) is 18.5 Å². The van der Waals surface area contributed by atoms with Crippen LogP contribution in [-0.2, 0) is 19.2 Å². The minimum atomic E-state index is -0.733. The molecular formula is C27H23N3O5. The number of carbonyl (C=O) groups excluding carboxylic acids is 3. The van der Waals surface area contributed by atoms with Gasteiger partial charge in [0.15, 0.2) is 6.61 Å². The smallest absolute Gasteiger partial charge is 0.347 e. The number of nitrogens with one attached hydrogen (secondary N) is 2. The second kappa shape index (κ2) is 9.80. The zero-order valence-corrected chi connectivity index (χ0v) is 18.8. The lowest BCUT2D eigenvalue weighted by molar-refractivity contribution is -0.151. The van der Waals surface area contributed by atoms with E-state index in [4.69, 9.17) is 9.57 Å². The Bertz CT molecular complexity index is 1280. The van der Waals surface area contributed by atoms with E-state index in [0.717, 1.165) is 35.1 Å². The van der Waals surface area contributed by atoms with Crippen LogP contribution >= 0.6 is 0 Å². The van der Waals surface area contributed by atoms with Gasteiger partial charge in [-0.1, -0.05) is 65.8 Å². The molecule has 0 aromatic heterocycles. The van der Waals surface area contributed by atoms with E-state index in [1.807, 2.05) is 48.5 Å². The lowest BCUT2D eigenvalue weighted by Crippen LogP contribution is -2.28. The highest BCUT2D eigenvalue weighted by molar-refractivity contribution is 6.24. The van der Waals surface area contributed by atoms with Crippen molar-refractivity contribution in [1.29, 1.82) is 0 Å². The van der Waals surface area contributed by atoms with E-state index in [-0.39, 0.29) is 11.9 Å². The van der Waals surface area contributed by atoms with Crippen LogP contribution in [-0.4, -0.2) is 42.8 Å². The van der Waals surface area contributed by atoms with Crippen LogP contribution in [0.15, 0.2) is 78.0 Å². The highest BCUT2D eigenvalue weighted by Gasteiger charge is 2.26. The lowest BCUT2D eigenvalue weighted by atomic mass is 10.1. The van der Waals surface area contributed by atoms with Crippen molar-refractivity contribution in [3.05, 3.63) is 89.5 Å². The molecule has 1 saturated carbocycles. The molecule has 176 valence electrons. The number of nitrogens with zero attached hydrogens (tertiary/aromatic N) is 1. The molecule has 0 atom stereocenters. The van der Waals surface area contributed by atoms with Gasteiger partial charge in [0, 0.05) is 17.2 Å². The molecule has 2 amide bonds. The van der Waals surface area contributed by atoms with Crippen molar-refractivity contribution >= 4 is 29.2 Å². The number of amides is 2. The van der Waals surface area contributed by atoms with Gasteiger partial charge in [0.25, 0.3) is 11.8 Å². The van der Waals surface area contributed by atoms with Crippen molar-refractivity contribution in [2.45, 2.75) is 18.9 Å². The first-order valence-corrected chi connectivity index (χ1v) is 11.3. The van der Waals surface area contributed by atoms with E-state index in [9.17, 15) is 14.4 Å². The summed E-state index contributed by atoms with van der Waals surface area (Å²) in [6.07, 6.45) is 1.92. The summed E-state index contributed by atoms with van der Waals surface area (Å²) in [6.45, 7) is -0.954. The molecule has 0 unspecified atom stereocenters. The van der Waals surface area contributed by atoms with Crippen LogP contribution in [0, 0.1) is 0 Å². The second-order valence-electron chi connectivity index (χ2n) is 8.31. The second-order valence-corrected chi connectivity index (χ2v) is 8.31. The molecule has 0 saturated heterocycles. The largest absolute Gasteiger partial charge is 0.453 e. The van der Waals surface area contributed by atoms with Crippen LogP contribution in [0.2, 0.25) is 0 Å². The molecule has 2 aliphatic carbocycles. The third-order valence-corrected chi connectivity index (χ3v) is 5.72. The number of benzene rings is 3. The molecule has 8 heteroatoms. The minimum Gasteiger partial charge on any atom is -0.453 e. The first-order chi connectivity index (χ1) is 17.1. The maximum atomic E-state index is 12.4. The zero-order valence-electron chi connectivity index (χ0n) is 18.8. The highest BCUT2D eigenvalue weighted by Crippen LogP contribution is 2.36. The number of hydrogen-bond acceptors (Lipinski definition) is 6. The molecule has 35 heavy (non-hydrogen) atoms. The van der Waals surface area contributed by atoms with Crippen molar-refractivity contribution in [2.24, 2.45) is 5.16 Å². The Hall–Kier alpha value is -4.46. The molecule has 8 nitrogen and oxygen atoms in total. The van der Waals surface area contributed by atoms with E-state index in [0.29, 0.717) is 17.0 Å². The van der Waals surface area contributed by atoms with Crippen LogP contribution < -0.4 is 10.6 Å². The van der Waals surface area contributed by atoms with E-state index in [2.05, 4.69) is 15.8 Å². The Balaban J connectivity index is 1.14. The molecule has 2 aliphatic rings. The summed E-state index contributed by atoms with van der Waals surface area (Å²) in [6, 6.07) is 22.5. The third-order valence-electron chi connectivity index (χ3n) is 5.72. The fourth-order valence-corrected chi connectivity index (χ4v) is 3.90. The molecule has 1 fully saturated rings. The highest BCUT2D eigenvalue weighted by atomic mass is 16.7. The Morgan fingerprint density at radius 1 is 0.800 bits per heavy atom. The minimum absolute atomic E-state index is 0.196. The Morgan fingerprint density at radius 2 is 1.40 bits per heavy atom. The SMILES string of the molecule is O=C(COC(=O)CON=C1c2ccccc2-c2ccccc21)Nc1ccccc1C(=O)NC1CC1. The van der Waals surface area contributed by atoms with Crippen molar-refractivity contribution < 1.29 is 24.0 Å². The molecule has 3 aromatic carbocycles. The molecule has 2 N–H and O–H groups in total. The number of oxime groups is 1. The Morgan fingerprint density at radius 3 is 2.06 bits per heavy atom. The Labute approximate surface area is 201 Å². The van der Waals surface area contributed by atoms with Gasteiger partial charge in [0.05, 0.1) is 11.3 Å². The molecule has 0 heterocycles. The van der Waals surface area contributed by atoms with Gasteiger partial charge in [-0.2, -0.15) is 0 Å². The van der Waals surface area contributed by atoms with Gasteiger partial charge in [0.2, 0.25) is 6.61 Å². The number of anilines is 1. The molecule has 0 radical (unpaired) electrons. The predicted octanol–water partition coefficient (Wildman–Crippen LogP) is 3.51. The molecule has 5 rings (SSSR count). The van der Waals surface area contributed by atoms with Gasteiger partial charge in [-0.15, -0.1) is 0 Å². The first-order valence-electron chi connectivity index (χ1n) is 11.3. The quantitative estimate of drug-likeness (QED) is 0.303. The Kier molecular flexibility index (Phi) is 6.26. The summed E-state index contributed by atoms with van der Waals surface area (Å²) in [7, 11) is 0. The monoisotopic (exact) mass is 469 g/mol. The maximum Gasteiger partial charge on any atom is 0.347 e. The van der Waals surface area contributed by atoms with Gasteiger partial charge in [-0.3, -0.25) is 9.59 Å². The summed E-state index contributed by atoms with van der Waals surface area (Å²) >= 11 is 0. The number of rotatable bonds is 8. The van der Waals surface area contributed by atoms with Gasteiger partial charge >= 0.3 is 5.97 Å². The maximum absolute atomic E-state index is 12.4. The summed E-state index contributed by atoms with van der Waals surface area (Å²) in [5, 5.41) is 9.68. The van der Waals surface area contributed by atoms with Crippen molar-refractivity contribution in [1.82, 2.24) is 5.32 Å². The fourth-order valence-electron chi connectivity index (χ4n) is 3.90. The molecular weight excluding hydrogens is 446 g/mol. The number of para-hydroxylation sites is 1. The van der Waals surface area contributed by atoms with Crippen LogP contribution in [0.1, 0.15) is 34.3 Å². The normalized spacial score (nSPS) is 13.3. The van der Waals surface area contributed by atoms with Crippen molar-refractivity contribution in [3.8, 4) is 11.1 Å². The van der Waals surface area contributed by atoms with Gasteiger partial charge in [-0.05, 0) is 36.1 Å². The van der Waals surface area contributed by atoms with Crippen LogP contribution in [0.4, 0.5) is 5.69 Å². The van der Waals surface area contributed by atoms with E-state index in [1.54, 1.807) is 24.3 Å². The summed E-state index contributed by atoms with van der Waals surface area (Å²) < 4.78 is 5.01. The van der Waals surface area contributed by atoms with E-state index in [1.165, 1.54) is 0 Å². The van der Waals surface area contributed by atoms with Gasteiger partial charge < -0.3 is 20.2 Å². The number of hydrogen-bond donors (Lipinski definition) is 2. The number of carbonyl (C=O) groups is 3. The fraction of sp³-hybridized carbons (Fsp3) is 0.185. The average Bonchev–Trinajstić information content (AvgIpc) is 3.64. The third kappa shape index (κ3) is 5.06. The van der Waals surface area contributed by atoms with Crippen molar-refractivity contribution in [3.63, 3.8) is 0 Å². The molecule has 0 aliphatic heterocycles. The molecule has 0 spiro atoms. The average molecular weight is 469 g/mol. The van der Waals surface area contributed by atoms with Crippen LogP contribution in [0.3, 0.4) is 0 Å². The van der Waals surface area contributed by atoms with Gasteiger partial charge in [0.1, 0.15) is 5.71 Å². The van der Waals surface area contributed by atoms with Crippen LogP contribution in [0.25, 0.3) is 11.1 Å². The summed E-state index contributed by atoms with van der Waals surface area (Å²) in [4.78, 5) is 42.0. The first kappa shape index (κ1) is 22.3. The molecule has 0 bridgehead atoms. The standard InChI is InChI=1S/C27H23N3O5/c31-24(29-23-12-6-5-11-22(23)27(33)28-17-13-14-17)15-34-25(32)16-35-30-26-20-9-3-1-7-18(20)19-8-2-4-10-21(19)26/h1-12,17H,13-16H2,(H,28,33)(H,29,31).